The van der Waals surface area contributed by atoms with Crippen molar-refractivity contribution >= 4 is 37.5 Å². The number of sulfonamides is 1. The molecule has 0 spiro atoms. The van der Waals surface area contributed by atoms with Gasteiger partial charge in [0.25, 0.3) is 10.0 Å². The SMILES string of the molecule is CCCCNC(=O)CN(c1ccc(C)cc1)S(=O)(=O)c1ccc(OC)c(Br)c1. The fourth-order valence-corrected chi connectivity index (χ4v) is 4.69. The Morgan fingerprint density at radius 2 is 1.86 bits per heavy atom. The van der Waals surface area contributed by atoms with Gasteiger partial charge in [-0.3, -0.25) is 9.10 Å². The Morgan fingerprint density at radius 3 is 2.43 bits per heavy atom. The van der Waals surface area contributed by atoms with Crippen LogP contribution in [-0.2, 0) is 14.8 Å². The van der Waals surface area contributed by atoms with Gasteiger partial charge in [0.15, 0.2) is 0 Å². The number of amides is 1. The molecule has 0 bridgehead atoms. The first kappa shape index (κ1) is 22.2. The Morgan fingerprint density at radius 1 is 1.18 bits per heavy atom. The van der Waals surface area contributed by atoms with Crippen LogP contribution in [0.2, 0.25) is 0 Å². The van der Waals surface area contributed by atoms with Crippen molar-refractivity contribution in [2.75, 3.05) is 24.5 Å². The molecule has 152 valence electrons. The summed E-state index contributed by atoms with van der Waals surface area (Å²) in [5.74, 6) is 0.184. The van der Waals surface area contributed by atoms with Crippen LogP contribution in [0.25, 0.3) is 0 Å². The van der Waals surface area contributed by atoms with E-state index in [0.29, 0.717) is 22.5 Å². The fourth-order valence-electron chi connectivity index (χ4n) is 2.55. The van der Waals surface area contributed by atoms with Gasteiger partial charge < -0.3 is 10.1 Å². The number of rotatable bonds is 9. The zero-order valence-corrected chi connectivity index (χ0v) is 18.6. The highest BCUT2D eigenvalue weighted by Crippen LogP contribution is 2.30. The highest BCUT2D eigenvalue weighted by Gasteiger charge is 2.27. The maximum absolute atomic E-state index is 13.3. The molecule has 0 aromatic heterocycles. The van der Waals surface area contributed by atoms with E-state index in [1.54, 1.807) is 18.2 Å². The molecule has 0 saturated carbocycles. The smallest absolute Gasteiger partial charge is 0.264 e. The Kier molecular flexibility index (Phi) is 7.88. The van der Waals surface area contributed by atoms with Crippen molar-refractivity contribution in [1.29, 1.82) is 0 Å². The minimum Gasteiger partial charge on any atom is -0.496 e. The second kappa shape index (κ2) is 9.93. The lowest BCUT2D eigenvalue weighted by Gasteiger charge is -2.24. The number of anilines is 1. The van der Waals surface area contributed by atoms with Gasteiger partial charge in [0, 0.05) is 6.54 Å². The average Bonchev–Trinajstić information content (AvgIpc) is 2.67. The molecule has 0 heterocycles. The molecule has 8 heteroatoms. The maximum atomic E-state index is 13.3. The van der Waals surface area contributed by atoms with Crippen LogP contribution in [0.1, 0.15) is 25.3 Å². The molecule has 1 amide bonds. The van der Waals surface area contributed by atoms with Crippen molar-refractivity contribution in [1.82, 2.24) is 5.32 Å². The number of nitrogens with one attached hydrogen (secondary N) is 1. The van der Waals surface area contributed by atoms with Crippen LogP contribution in [0.15, 0.2) is 51.8 Å². The molecule has 0 fully saturated rings. The van der Waals surface area contributed by atoms with Gasteiger partial charge in [-0.05, 0) is 59.6 Å². The number of unbranched alkanes of at least 4 members (excludes halogenated alkanes) is 1. The van der Waals surface area contributed by atoms with E-state index >= 15 is 0 Å². The molecule has 2 aromatic carbocycles. The summed E-state index contributed by atoms with van der Waals surface area (Å²) in [6, 6.07) is 11.5. The highest BCUT2D eigenvalue weighted by molar-refractivity contribution is 9.10. The number of carbonyl (C=O) groups is 1. The molecule has 1 N–H and O–H groups in total. The van der Waals surface area contributed by atoms with Crippen LogP contribution in [0.5, 0.6) is 5.75 Å². The summed E-state index contributed by atoms with van der Waals surface area (Å²) in [6.45, 7) is 4.17. The Labute approximate surface area is 175 Å². The first-order valence-electron chi connectivity index (χ1n) is 8.99. The minimum atomic E-state index is -3.95. The number of halogens is 1. The van der Waals surface area contributed by atoms with Gasteiger partial charge in [-0.25, -0.2) is 8.42 Å². The minimum absolute atomic E-state index is 0.0714. The van der Waals surface area contributed by atoms with E-state index in [1.807, 2.05) is 26.0 Å². The maximum Gasteiger partial charge on any atom is 0.264 e. The number of hydrogen-bond acceptors (Lipinski definition) is 4. The number of hydrogen-bond donors (Lipinski definition) is 1. The van der Waals surface area contributed by atoms with E-state index in [9.17, 15) is 13.2 Å². The molecule has 6 nitrogen and oxygen atoms in total. The summed E-state index contributed by atoms with van der Waals surface area (Å²) < 4.78 is 33.5. The summed E-state index contributed by atoms with van der Waals surface area (Å²) in [5, 5.41) is 2.77. The first-order valence-corrected chi connectivity index (χ1v) is 11.2. The molecule has 0 aliphatic carbocycles. The van der Waals surface area contributed by atoms with E-state index in [4.69, 9.17) is 4.74 Å². The lowest BCUT2D eigenvalue weighted by Crippen LogP contribution is -2.41. The molecule has 0 atom stereocenters. The summed E-state index contributed by atoms with van der Waals surface area (Å²) in [7, 11) is -2.45. The Balaban J connectivity index is 2.40. The lowest BCUT2D eigenvalue weighted by atomic mass is 10.2. The van der Waals surface area contributed by atoms with Crippen LogP contribution in [0.4, 0.5) is 5.69 Å². The van der Waals surface area contributed by atoms with Crippen molar-refractivity contribution in [2.45, 2.75) is 31.6 Å². The molecule has 0 unspecified atom stereocenters. The van der Waals surface area contributed by atoms with Crippen molar-refractivity contribution in [2.24, 2.45) is 0 Å². The van der Waals surface area contributed by atoms with E-state index in [-0.39, 0.29) is 17.3 Å². The number of aryl methyl sites for hydroxylation is 1. The fraction of sp³-hybridized carbons (Fsp3) is 0.350. The first-order chi connectivity index (χ1) is 13.3. The third kappa shape index (κ3) is 5.48. The van der Waals surface area contributed by atoms with Crippen molar-refractivity contribution in [3.8, 4) is 5.75 Å². The van der Waals surface area contributed by atoms with Crippen LogP contribution < -0.4 is 14.4 Å². The summed E-state index contributed by atoms with van der Waals surface area (Å²) in [5.41, 5.74) is 1.43. The van der Waals surface area contributed by atoms with Gasteiger partial charge in [-0.1, -0.05) is 31.0 Å². The molecule has 2 rings (SSSR count). The van der Waals surface area contributed by atoms with E-state index in [0.717, 1.165) is 22.7 Å². The average molecular weight is 469 g/mol. The largest absolute Gasteiger partial charge is 0.496 e. The standard InChI is InChI=1S/C20H25BrN2O4S/c1-4-5-12-22-20(24)14-23(16-8-6-15(2)7-9-16)28(25,26)17-10-11-19(27-3)18(21)13-17/h6-11,13H,4-5,12,14H2,1-3H3,(H,22,24). The number of benzene rings is 2. The van der Waals surface area contributed by atoms with E-state index in [1.165, 1.54) is 19.2 Å². The third-order valence-electron chi connectivity index (χ3n) is 4.17. The van der Waals surface area contributed by atoms with Crippen LogP contribution in [0.3, 0.4) is 0 Å². The molecule has 0 aliphatic rings. The number of carbonyl (C=O) groups excluding carboxylic acids is 1. The number of ether oxygens (including phenoxy) is 1. The third-order valence-corrected chi connectivity index (χ3v) is 6.56. The van der Waals surface area contributed by atoms with Crippen molar-refractivity contribution < 1.29 is 17.9 Å². The van der Waals surface area contributed by atoms with Crippen LogP contribution >= 0.6 is 15.9 Å². The van der Waals surface area contributed by atoms with Gasteiger partial charge in [0.2, 0.25) is 5.91 Å². The summed E-state index contributed by atoms with van der Waals surface area (Å²) >= 11 is 3.32. The normalized spacial score (nSPS) is 11.1. The molecule has 28 heavy (non-hydrogen) atoms. The molecular weight excluding hydrogens is 444 g/mol. The van der Waals surface area contributed by atoms with Gasteiger partial charge in [0.1, 0.15) is 12.3 Å². The van der Waals surface area contributed by atoms with Gasteiger partial charge in [-0.2, -0.15) is 0 Å². The van der Waals surface area contributed by atoms with Gasteiger partial charge in [-0.15, -0.1) is 0 Å². The topological polar surface area (TPSA) is 75.7 Å². The van der Waals surface area contributed by atoms with E-state index in [2.05, 4.69) is 21.2 Å². The lowest BCUT2D eigenvalue weighted by molar-refractivity contribution is -0.119. The Hall–Kier alpha value is -2.06. The zero-order chi connectivity index (χ0) is 20.7. The summed E-state index contributed by atoms with van der Waals surface area (Å²) in [4.78, 5) is 12.4. The van der Waals surface area contributed by atoms with Crippen LogP contribution in [-0.4, -0.2) is 34.5 Å². The quantitative estimate of drug-likeness (QED) is 0.566. The second-order valence-electron chi connectivity index (χ2n) is 6.35. The number of nitrogens with zero attached hydrogens (tertiary/aromatic N) is 1. The number of methoxy groups -OCH3 is 1. The molecule has 2 aromatic rings. The predicted molar refractivity (Wildman–Crippen MR) is 114 cm³/mol. The van der Waals surface area contributed by atoms with Gasteiger partial charge in [0.05, 0.1) is 22.2 Å². The van der Waals surface area contributed by atoms with Gasteiger partial charge >= 0.3 is 0 Å². The molecule has 0 radical (unpaired) electrons. The molecule has 0 saturated heterocycles. The highest BCUT2D eigenvalue weighted by atomic mass is 79.9. The Bertz CT molecular complexity index is 914. The predicted octanol–water partition coefficient (Wildman–Crippen LogP) is 3.88. The second-order valence-corrected chi connectivity index (χ2v) is 9.06. The molecular formula is C20H25BrN2O4S. The summed E-state index contributed by atoms with van der Waals surface area (Å²) in [6.07, 6.45) is 1.79. The molecule has 0 aliphatic heterocycles. The zero-order valence-electron chi connectivity index (χ0n) is 16.2. The van der Waals surface area contributed by atoms with Crippen LogP contribution in [0, 0.1) is 6.92 Å². The van der Waals surface area contributed by atoms with Crippen molar-refractivity contribution in [3.63, 3.8) is 0 Å². The van der Waals surface area contributed by atoms with E-state index < -0.39 is 10.0 Å². The monoisotopic (exact) mass is 468 g/mol. The van der Waals surface area contributed by atoms with Crippen molar-refractivity contribution in [3.05, 3.63) is 52.5 Å².